The van der Waals surface area contributed by atoms with E-state index in [2.05, 4.69) is 55.5 Å². The van der Waals surface area contributed by atoms with Gasteiger partial charge in [-0.25, -0.2) is 8.78 Å². The molecular formula is C63H66F2O8S2. The van der Waals surface area contributed by atoms with E-state index >= 15 is 0 Å². The van der Waals surface area contributed by atoms with Crippen LogP contribution in [0.2, 0.25) is 0 Å². The molecule has 0 heterocycles. The fourth-order valence-electron chi connectivity index (χ4n) is 8.67. The minimum atomic E-state index is -1.19. The Bertz CT molecular complexity index is 2920. The van der Waals surface area contributed by atoms with Crippen LogP contribution in [-0.4, -0.2) is 58.8 Å². The van der Waals surface area contributed by atoms with Gasteiger partial charge in [0.2, 0.25) is 0 Å². The number of fused-ring (bicyclic) bond motifs is 2. The molecule has 75 heavy (non-hydrogen) atoms. The van der Waals surface area contributed by atoms with E-state index in [4.69, 9.17) is 14.2 Å². The summed E-state index contributed by atoms with van der Waals surface area (Å²) in [5.74, 6) is -2.85. The third-order valence-corrected chi connectivity index (χ3v) is 14.5. The Balaban J connectivity index is 1.10. The van der Waals surface area contributed by atoms with Gasteiger partial charge in [0.15, 0.2) is 15.9 Å². The van der Waals surface area contributed by atoms with Crippen molar-refractivity contribution in [3.05, 3.63) is 202 Å². The molecule has 3 atom stereocenters. The molecule has 0 aromatic heterocycles. The largest absolute Gasteiger partial charge is 0.612 e. The minimum absolute atomic E-state index is 0.110. The van der Waals surface area contributed by atoms with E-state index in [1.807, 2.05) is 62.4 Å². The molecular weight excluding hydrogens is 987 g/mol. The van der Waals surface area contributed by atoms with Crippen molar-refractivity contribution in [2.75, 3.05) is 25.7 Å². The molecule has 4 aromatic rings. The number of allylic oxidation sites excluding steroid dienone is 14. The lowest BCUT2D eigenvalue weighted by Crippen LogP contribution is -2.31. The quantitative estimate of drug-likeness (QED) is 0.0200. The molecule has 0 spiro atoms. The van der Waals surface area contributed by atoms with E-state index in [-0.39, 0.29) is 25.9 Å². The maximum atomic E-state index is 14.8. The molecule has 0 saturated carbocycles. The van der Waals surface area contributed by atoms with Crippen molar-refractivity contribution in [2.45, 2.75) is 101 Å². The Morgan fingerprint density at radius 1 is 0.547 bits per heavy atom. The molecule has 0 bridgehead atoms. The van der Waals surface area contributed by atoms with Crippen LogP contribution >= 0.6 is 0 Å². The standard InChI is InChI=1S/C63H66F2O8S2/c1-6-7-8-9-10-11-12-13-14-15-16-17-18-19-20-21-22-23-61(66)71-42-50(73-63(68)41-58-45(3)56(54-35-29-49(65)39-60(54)58)37-47-26-32-52(33-27-47)75(5)70)43-72-62(67)40-57-44(2)55(53-34-28-48(64)38-59(53)57)36-46-24-30-51(31-25-46)74(4)69/h7-8,10-11,13-14,16-17,19-20,24-39,50H,6,9,12,15,18,21-23,40-43H2,1-5H3/b8-7-,11-10-,14-13-,17-16-,20-19-,55-36-,56-37-. The predicted molar refractivity (Wildman–Crippen MR) is 301 cm³/mol. The van der Waals surface area contributed by atoms with Crippen molar-refractivity contribution in [2.24, 2.45) is 0 Å². The van der Waals surface area contributed by atoms with Gasteiger partial charge in [-0.3, -0.25) is 14.4 Å². The number of hydrogen-bond donors (Lipinski definition) is 0. The lowest BCUT2D eigenvalue weighted by molar-refractivity contribution is -0.165. The number of rotatable bonds is 26. The van der Waals surface area contributed by atoms with Gasteiger partial charge in [-0.15, -0.1) is 0 Å². The number of carbonyl (C=O) groups is 3. The molecule has 0 amide bonds. The molecule has 6 rings (SSSR count). The normalized spacial score (nSPS) is 15.9. The number of hydrogen-bond acceptors (Lipinski definition) is 8. The van der Waals surface area contributed by atoms with E-state index in [0.717, 1.165) is 76.7 Å². The van der Waals surface area contributed by atoms with Crippen molar-refractivity contribution in [1.29, 1.82) is 0 Å². The topological polar surface area (TPSA) is 125 Å². The van der Waals surface area contributed by atoms with Crippen LogP contribution in [0.15, 0.2) is 167 Å². The molecule has 2 aliphatic carbocycles. The SMILES string of the molecule is CC/C=C\C/C=C\C/C=C\C/C=C\C/C=C\CCCC(=O)OCC(COC(=O)CC1=C(C)/C(=C/c2ccc([S+](C)[O-])cc2)c2ccc(F)cc21)OC(=O)CC1=C(C)/C(=C/c2ccc([S+](C)[O-])cc2)c2ccc(F)cc21. The van der Waals surface area contributed by atoms with Crippen molar-refractivity contribution in [1.82, 2.24) is 0 Å². The minimum Gasteiger partial charge on any atom is -0.612 e. The Morgan fingerprint density at radius 3 is 1.40 bits per heavy atom. The molecule has 4 aromatic carbocycles. The van der Waals surface area contributed by atoms with Gasteiger partial charge in [-0.05, 0) is 233 Å². The van der Waals surface area contributed by atoms with Crippen LogP contribution < -0.4 is 0 Å². The first kappa shape index (κ1) is 57.7. The summed E-state index contributed by atoms with van der Waals surface area (Å²) in [4.78, 5) is 42.0. The summed E-state index contributed by atoms with van der Waals surface area (Å²) in [6.07, 6.45) is 32.5. The molecule has 2 aliphatic rings. The summed E-state index contributed by atoms with van der Waals surface area (Å²) in [7, 11) is 0. The summed E-state index contributed by atoms with van der Waals surface area (Å²) in [6.45, 7) is 4.99. The summed E-state index contributed by atoms with van der Waals surface area (Å²) in [5, 5.41) is 0. The third-order valence-electron chi connectivity index (χ3n) is 12.7. The van der Waals surface area contributed by atoms with Crippen LogP contribution in [0.5, 0.6) is 0 Å². The fraction of sp³-hybridized carbons (Fsp3) is 0.286. The maximum Gasteiger partial charge on any atom is 0.310 e. The highest BCUT2D eigenvalue weighted by molar-refractivity contribution is 7.91. The van der Waals surface area contributed by atoms with Gasteiger partial charge in [-0.2, -0.15) is 0 Å². The number of halogens is 2. The van der Waals surface area contributed by atoms with E-state index in [9.17, 15) is 32.3 Å². The Labute approximate surface area is 447 Å². The summed E-state index contributed by atoms with van der Waals surface area (Å²) in [6, 6.07) is 23.3. The van der Waals surface area contributed by atoms with Crippen LogP contribution in [0.4, 0.5) is 8.78 Å². The highest BCUT2D eigenvalue weighted by Gasteiger charge is 2.30. The van der Waals surface area contributed by atoms with Crippen LogP contribution in [0, 0.1) is 11.6 Å². The Kier molecular flexibility index (Phi) is 22.7. The number of benzene rings is 4. The number of ether oxygens (including phenoxy) is 3. The van der Waals surface area contributed by atoms with E-state index in [1.54, 1.807) is 48.9 Å². The van der Waals surface area contributed by atoms with Gasteiger partial charge in [0.1, 0.15) is 37.4 Å². The summed E-state index contributed by atoms with van der Waals surface area (Å²) in [5.41, 5.74) is 8.36. The average molecular weight is 1050 g/mol. The highest BCUT2D eigenvalue weighted by atomic mass is 32.2. The van der Waals surface area contributed by atoms with Crippen molar-refractivity contribution in [3.8, 4) is 0 Å². The van der Waals surface area contributed by atoms with E-state index in [1.165, 1.54) is 24.3 Å². The molecule has 0 N–H and O–H groups in total. The van der Waals surface area contributed by atoms with Crippen LogP contribution in [0.25, 0.3) is 34.4 Å². The molecule has 0 radical (unpaired) electrons. The molecule has 392 valence electrons. The van der Waals surface area contributed by atoms with Gasteiger partial charge in [0.25, 0.3) is 0 Å². The van der Waals surface area contributed by atoms with Crippen molar-refractivity contribution < 1.29 is 46.5 Å². The summed E-state index contributed by atoms with van der Waals surface area (Å²) >= 11 is -2.30. The molecule has 0 fully saturated rings. The zero-order valence-electron chi connectivity index (χ0n) is 43.4. The predicted octanol–water partition coefficient (Wildman–Crippen LogP) is 14.5. The highest BCUT2D eigenvalue weighted by Crippen LogP contribution is 2.45. The first-order valence-electron chi connectivity index (χ1n) is 25.3. The van der Waals surface area contributed by atoms with Crippen molar-refractivity contribution >= 4 is 74.7 Å². The zero-order valence-corrected chi connectivity index (χ0v) is 45.0. The fourth-order valence-corrected chi connectivity index (χ4v) is 9.71. The second-order valence-electron chi connectivity index (χ2n) is 18.2. The van der Waals surface area contributed by atoms with Gasteiger partial charge in [0, 0.05) is 6.42 Å². The first-order valence-corrected chi connectivity index (χ1v) is 28.4. The molecule has 3 unspecified atom stereocenters. The van der Waals surface area contributed by atoms with E-state index < -0.39 is 64.6 Å². The second kappa shape index (κ2) is 29.5. The number of carbonyl (C=O) groups excluding carboxylic acids is 3. The smallest absolute Gasteiger partial charge is 0.310 e. The van der Waals surface area contributed by atoms with Gasteiger partial charge >= 0.3 is 17.9 Å². The van der Waals surface area contributed by atoms with Crippen LogP contribution in [0.1, 0.15) is 118 Å². The number of esters is 3. The second-order valence-corrected chi connectivity index (χ2v) is 20.9. The van der Waals surface area contributed by atoms with Gasteiger partial charge in [0.05, 0.1) is 12.8 Å². The van der Waals surface area contributed by atoms with Crippen LogP contribution in [0.3, 0.4) is 0 Å². The molecule has 8 nitrogen and oxygen atoms in total. The van der Waals surface area contributed by atoms with Crippen molar-refractivity contribution in [3.63, 3.8) is 0 Å². The van der Waals surface area contributed by atoms with Gasteiger partial charge in [-0.1, -0.05) is 79.8 Å². The summed E-state index contributed by atoms with van der Waals surface area (Å²) < 4.78 is 70.9. The Hall–Kier alpha value is -6.57. The van der Waals surface area contributed by atoms with Crippen LogP contribution in [-0.2, 0) is 50.9 Å². The number of unbranched alkanes of at least 4 members (excludes halogenated alkanes) is 1. The Morgan fingerprint density at radius 2 is 0.960 bits per heavy atom. The molecule has 12 heteroatoms. The first-order chi connectivity index (χ1) is 36.2. The lowest BCUT2D eigenvalue weighted by atomic mass is 10.0. The zero-order chi connectivity index (χ0) is 53.7. The lowest BCUT2D eigenvalue weighted by Gasteiger charge is -2.19. The monoisotopic (exact) mass is 1050 g/mol. The third kappa shape index (κ3) is 17.5. The average Bonchev–Trinajstić information content (AvgIpc) is 3.78. The molecule has 0 aliphatic heterocycles. The maximum absolute atomic E-state index is 14.8. The van der Waals surface area contributed by atoms with E-state index in [0.29, 0.717) is 44.9 Å². The van der Waals surface area contributed by atoms with Gasteiger partial charge < -0.3 is 23.3 Å². The molecule has 0 saturated heterocycles.